The standard InChI is InChI=1S/C39H66N4O6/c1-12-27(6)37(42(9)39(47)30(25(2)3)23-33(45)36(40-8)26(4)5)34(48-10)24-35(46)43-22-16-19-31(43)38(49-11)28(7)32(44)20-15-18-29-17-13-14-21-41-29/h13-14,17,21,25-28,30-31,34,36-38,40H,12,15-16,18-20,22-24H2,1-11H3/t27-,28-,30-,31-,34+,36-,37-,38+/m0/s1. The van der Waals surface area contributed by atoms with Crippen LogP contribution in [0.1, 0.15) is 99.1 Å². The molecule has 1 N–H and O–H groups in total. The number of hydrogen-bond donors (Lipinski definition) is 1. The molecule has 2 rings (SSSR count). The number of nitrogens with one attached hydrogen (secondary N) is 1. The number of aromatic nitrogens is 1. The van der Waals surface area contributed by atoms with E-state index in [-0.39, 0.29) is 78.0 Å². The van der Waals surface area contributed by atoms with Gasteiger partial charge in [0, 0.05) is 64.4 Å². The zero-order valence-electron chi connectivity index (χ0n) is 32.2. The smallest absolute Gasteiger partial charge is 0.226 e. The van der Waals surface area contributed by atoms with Gasteiger partial charge in [0.25, 0.3) is 0 Å². The first-order valence-corrected chi connectivity index (χ1v) is 18.5. The van der Waals surface area contributed by atoms with Crippen LogP contribution in [0.2, 0.25) is 0 Å². The number of Topliss-reactive ketones (excluding diaryl/α,β-unsaturated/α-hetero) is 2. The van der Waals surface area contributed by atoms with Gasteiger partial charge in [-0.2, -0.15) is 0 Å². The van der Waals surface area contributed by atoms with Crippen LogP contribution in [0, 0.1) is 29.6 Å². The fourth-order valence-electron chi connectivity index (χ4n) is 7.64. The average Bonchev–Trinajstić information content (AvgIpc) is 3.56. The minimum atomic E-state index is -0.548. The third-order valence-corrected chi connectivity index (χ3v) is 10.8. The van der Waals surface area contributed by atoms with Gasteiger partial charge in [-0.1, -0.05) is 61.0 Å². The number of methoxy groups -OCH3 is 2. The molecule has 49 heavy (non-hydrogen) atoms. The van der Waals surface area contributed by atoms with Crippen LogP contribution in [0.5, 0.6) is 0 Å². The first-order chi connectivity index (χ1) is 23.2. The molecule has 10 nitrogen and oxygen atoms in total. The molecule has 10 heteroatoms. The van der Waals surface area contributed by atoms with Crippen LogP contribution in [-0.2, 0) is 35.1 Å². The molecule has 0 aliphatic carbocycles. The summed E-state index contributed by atoms with van der Waals surface area (Å²) < 4.78 is 12.0. The van der Waals surface area contributed by atoms with Gasteiger partial charge in [-0.25, -0.2) is 0 Å². The predicted molar refractivity (Wildman–Crippen MR) is 194 cm³/mol. The minimum Gasteiger partial charge on any atom is -0.379 e. The van der Waals surface area contributed by atoms with Crippen molar-refractivity contribution in [3.63, 3.8) is 0 Å². The Bertz CT molecular complexity index is 1180. The number of likely N-dealkylation sites (tertiary alicyclic amines) is 1. The number of pyridine rings is 1. The third-order valence-electron chi connectivity index (χ3n) is 10.8. The quantitative estimate of drug-likeness (QED) is 0.173. The van der Waals surface area contributed by atoms with Crippen molar-refractivity contribution in [2.24, 2.45) is 29.6 Å². The number of carbonyl (C=O) groups excluding carboxylic acids is 4. The summed E-state index contributed by atoms with van der Waals surface area (Å²) in [6, 6.07) is 4.90. The highest BCUT2D eigenvalue weighted by Crippen LogP contribution is 2.31. The van der Waals surface area contributed by atoms with Crippen molar-refractivity contribution < 1.29 is 28.7 Å². The molecule has 0 saturated carbocycles. The molecule has 0 spiro atoms. The molecule has 0 bridgehead atoms. The van der Waals surface area contributed by atoms with Crippen LogP contribution in [-0.4, -0.2) is 103 Å². The van der Waals surface area contributed by atoms with Crippen molar-refractivity contribution in [3.05, 3.63) is 30.1 Å². The molecular weight excluding hydrogens is 620 g/mol. The van der Waals surface area contributed by atoms with E-state index in [0.717, 1.165) is 31.4 Å². The molecule has 0 aromatic carbocycles. The number of nitrogens with zero attached hydrogens (tertiary/aromatic N) is 3. The van der Waals surface area contributed by atoms with Crippen LogP contribution < -0.4 is 5.32 Å². The summed E-state index contributed by atoms with van der Waals surface area (Å²) in [5, 5.41) is 3.12. The molecule has 0 unspecified atom stereocenters. The number of amides is 2. The van der Waals surface area contributed by atoms with Crippen LogP contribution in [0.4, 0.5) is 0 Å². The number of likely N-dealkylation sites (N-methyl/N-ethyl adjacent to an activating group) is 2. The minimum absolute atomic E-state index is 0.0326. The first kappa shape index (κ1) is 42.5. The zero-order valence-corrected chi connectivity index (χ0v) is 32.2. The fraction of sp³-hybridized carbons (Fsp3) is 0.769. The largest absolute Gasteiger partial charge is 0.379 e. The second-order valence-electron chi connectivity index (χ2n) is 14.8. The van der Waals surface area contributed by atoms with Crippen molar-refractivity contribution >= 4 is 23.4 Å². The van der Waals surface area contributed by atoms with Crippen LogP contribution in [0.25, 0.3) is 0 Å². The van der Waals surface area contributed by atoms with Gasteiger partial charge in [-0.05, 0) is 62.6 Å². The van der Waals surface area contributed by atoms with E-state index in [4.69, 9.17) is 9.47 Å². The molecule has 8 atom stereocenters. The maximum atomic E-state index is 14.2. The van der Waals surface area contributed by atoms with Gasteiger partial charge in [0.1, 0.15) is 5.78 Å². The van der Waals surface area contributed by atoms with Crippen molar-refractivity contribution in [1.29, 1.82) is 0 Å². The Hall–Kier alpha value is -2.69. The Kier molecular flexibility index (Phi) is 18.1. The highest BCUT2D eigenvalue weighted by Gasteiger charge is 2.42. The summed E-state index contributed by atoms with van der Waals surface area (Å²) in [6.07, 6.45) is 5.31. The summed E-state index contributed by atoms with van der Waals surface area (Å²) in [5.41, 5.74) is 0.969. The predicted octanol–water partition coefficient (Wildman–Crippen LogP) is 5.37. The lowest BCUT2D eigenvalue weighted by molar-refractivity contribution is -0.149. The van der Waals surface area contributed by atoms with E-state index in [1.165, 1.54) is 0 Å². The highest BCUT2D eigenvalue weighted by molar-refractivity contribution is 5.90. The number of ether oxygens (including phenoxy) is 2. The Balaban J connectivity index is 2.20. The Morgan fingerprint density at radius 1 is 1.00 bits per heavy atom. The van der Waals surface area contributed by atoms with E-state index in [1.807, 2.05) is 57.7 Å². The lowest BCUT2D eigenvalue weighted by Crippen LogP contribution is -2.54. The van der Waals surface area contributed by atoms with E-state index in [9.17, 15) is 19.2 Å². The van der Waals surface area contributed by atoms with E-state index in [2.05, 4.69) is 24.1 Å². The van der Waals surface area contributed by atoms with Crippen LogP contribution in [0.15, 0.2) is 24.4 Å². The normalized spacial score (nSPS) is 19.3. The lowest BCUT2D eigenvalue weighted by atomic mass is 9.84. The molecule has 2 heterocycles. The SMILES string of the molecule is CC[C@H](C)[C@@H]([C@@H](CC(=O)N1CCC[C@H]1[C@H](OC)[C@@H](C)C(=O)CCCc1ccccn1)OC)N(C)C(=O)[C@@H](CC(=O)[C@@H](NC)C(C)C)C(C)C. The fourth-order valence-corrected chi connectivity index (χ4v) is 7.64. The summed E-state index contributed by atoms with van der Waals surface area (Å²) in [5.74, 6) is -0.746. The van der Waals surface area contributed by atoms with Gasteiger partial charge >= 0.3 is 0 Å². The molecule has 2 amide bonds. The van der Waals surface area contributed by atoms with E-state index < -0.39 is 18.1 Å². The molecule has 1 aliphatic rings. The Morgan fingerprint density at radius 3 is 2.22 bits per heavy atom. The number of rotatable bonds is 22. The number of carbonyl (C=O) groups is 4. The molecule has 0 radical (unpaired) electrons. The van der Waals surface area contributed by atoms with E-state index >= 15 is 0 Å². The van der Waals surface area contributed by atoms with Gasteiger partial charge < -0.3 is 24.6 Å². The summed E-state index contributed by atoms with van der Waals surface area (Å²) in [7, 11) is 6.79. The Labute approximate surface area is 296 Å². The third kappa shape index (κ3) is 11.7. The van der Waals surface area contributed by atoms with Crippen molar-refractivity contribution in [3.8, 4) is 0 Å². The highest BCUT2D eigenvalue weighted by atomic mass is 16.5. The first-order valence-electron chi connectivity index (χ1n) is 18.5. The van der Waals surface area contributed by atoms with Crippen molar-refractivity contribution in [2.45, 2.75) is 130 Å². The molecule has 278 valence electrons. The van der Waals surface area contributed by atoms with Crippen molar-refractivity contribution in [2.75, 3.05) is 34.9 Å². The average molecular weight is 687 g/mol. The second kappa shape index (κ2) is 20.9. The summed E-state index contributed by atoms with van der Waals surface area (Å²) >= 11 is 0. The molecule has 1 aromatic rings. The van der Waals surface area contributed by atoms with Gasteiger partial charge in [0.05, 0.1) is 36.8 Å². The molecular formula is C39H66N4O6. The maximum Gasteiger partial charge on any atom is 0.226 e. The Morgan fingerprint density at radius 2 is 1.69 bits per heavy atom. The number of aryl methyl sites for hydroxylation is 1. The number of ketones is 2. The second-order valence-corrected chi connectivity index (χ2v) is 14.8. The van der Waals surface area contributed by atoms with Crippen LogP contribution >= 0.6 is 0 Å². The van der Waals surface area contributed by atoms with Gasteiger partial charge in [0.2, 0.25) is 11.8 Å². The molecule has 1 fully saturated rings. The van der Waals surface area contributed by atoms with Crippen LogP contribution in [0.3, 0.4) is 0 Å². The van der Waals surface area contributed by atoms with Gasteiger partial charge in [-0.15, -0.1) is 0 Å². The monoisotopic (exact) mass is 686 g/mol. The summed E-state index contributed by atoms with van der Waals surface area (Å²) in [6.45, 7) is 14.6. The van der Waals surface area contributed by atoms with E-state index in [0.29, 0.717) is 19.4 Å². The summed E-state index contributed by atoms with van der Waals surface area (Å²) in [4.78, 5) is 62.8. The molecule has 1 saturated heterocycles. The lowest BCUT2D eigenvalue weighted by Gasteiger charge is -2.41. The zero-order chi connectivity index (χ0) is 36.8. The number of hydrogen-bond acceptors (Lipinski definition) is 8. The molecule has 1 aliphatic heterocycles. The van der Waals surface area contributed by atoms with Gasteiger partial charge in [-0.3, -0.25) is 24.2 Å². The van der Waals surface area contributed by atoms with E-state index in [1.54, 1.807) is 39.4 Å². The van der Waals surface area contributed by atoms with Gasteiger partial charge in [0.15, 0.2) is 5.78 Å². The molecule has 1 aromatic heterocycles. The topological polar surface area (TPSA) is 118 Å². The van der Waals surface area contributed by atoms with Crippen molar-refractivity contribution in [1.82, 2.24) is 20.1 Å². The maximum absolute atomic E-state index is 14.2.